The maximum Gasteiger partial charge on any atom is 0.325 e. The number of ether oxygens (including phenoxy) is 1. The van der Waals surface area contributed by atoms with Crippen LogP contribution in [-0.4, -0.2) is 37.0 Å². The zero-order valence-electron chi connectivity index (χ0n) is 14.2. The van der Waals surface area contributed by atoms with E-state index in [1.54, 1.807) is 0 Å². The van der Waals surface area contributed by atoms with Gasteiger partial charge in [-0.3, -0.25) is 14.4 Å². The molecule has 2 unspecified atom stereocenters. The van der Waals surface area contributed by atoms with Crippen molar-refractivity contribution in [2.45, 2.75) is 38.6 Å². The minimum atomic E-state index is -0.725. The quantitative estimate of drug-likeness (QED) is 0.766. The molecule has 0 spiro atoms. The fourth-order valence-corrected chi connectivity index (χ4v) is 2.86. The molecule has 2 N–H and O–H groups in total. The van der Waals surface area contributed by atoms with E-state index in [-0.39, 0.29) is 30.7 Å². The minimum absolute atomic E-state index is 0.108. The molecule has 2 rings (SSSR count). The minimum Gasteiger partial charge on any atom is -0.454 e. The Bertz CT molecular complexity index is 635. The highest BCUT2D eigenvalue weighted by atomic mass is 19.1. The van der Waals surface area contributed by atoms with Crippen LogP contribution in [-0.2, 0) is 14.3 Å². The third-order valence-electron chi connectivity index (χ3n) is 4.30. The smallest absolute Gasteiger partial charge is 0.325 e. The van der Waals surface area contributed by atoms with Crippen molar-refractivity contribution in [1.82, 2.24) is 10.6 Å². The highest BCUT2D eigenvalue weighted by Gasteiger charge is 2.23. The third-order valence-corrected chi connectivity index (χ3v) is 4.30. The number of hydrogen-bond acceptors (Lipinski definition) is 4. The Morgan fingerprint density at radius 2 is 2.00 bits per heavy atom. The number of carbonyl (C=O) groups is 3. The maximum absolute atomic E-state index is 13.0. The fourth-order valence-electron chi connectivity index (χ4n) is 2.86. The van der Waals surface area contributed by atoms with Crippen molar-refractivity contribution in [2.24, 2.45) is 5.92 Å². The molecule has 25 heavy (non-hydrogen) atoms. The third kappa shape index (κ3) is 6.17. The molecular formula is C18H23FN2O4. The van der Waals surface area contributed by atoms with Gasteiger partial charge in [0.05, 0.1) is 0 Å². The first-order valence-electron chi connectivity index (χ1n) is 8.44. The van der Waals surface area contributed by atoms with Gasteiger partial charge in [-0.15, -0.1) is 0 Å². The highest BCUT2D eigenvalue weighted by Crippen LogP contribution is 2.23. The molecule has 1 saturated carbocycles. The van der Waals surface area contributed by atoms with E-state index in [1.165, 1.54) is 24.6 Å². The second-order valence-corrected chi connectivity index (χ2v) is 6.29. The molecule has 7 heteroatoms. The van der Waals surface area contributed by atoms with Crippen LogP contribution in [0.2, 0.25) is 0 Å². The van der Waals surface area contributed by atoms with E-state index in [0.717, 1.165) is 25.3 Å². The summed E-state index contributed by atoms with van der Waals surface area (Å²) in [6.45, 7) is 1.33. The lowest BCUT2D eigenvalue weighted by molar-refractivity contribution is -0.147. The Morgan fingerprint density at radius 3 is 2.72 bits per heavy atom. The molecule has 1 aromatic carbocycles. The second-order valence-electron chi connectivity index (χ2n) is 6.29. The molecule has 1 fully saturated rings. The van der Waals surface area contributed by atoms with E-state index < -0.39 is 17.7 Å². The lowest BCUT2D eigenvalue weighted by atomic mass is 9.86. The van der Waals surface area contributed by atoms with Gasteiger partial charge in [0.2, 0.25) is 0 Å². The first-order chi connectivity index (χ1) is 12.0. The Balaban J connectivity index is 1.68. The van der Waals surface area contributed by atoms with Gasteiger partial charge in [-0.2, -0.15) is 0 Å². The second kappa shape index (κ2) is 9.15. The molecule has 0 saturated heterocycles. The Hall–Kier alpha value is -2.44. The van der Waals surface area contributed by atoms with Gasteiger partial charge in [0, 0.05) is 11.6 Å². The van der Waals surface area contributed by atoms with Crippen molar-refractivity contribution in [3.05, 3.63) is 35.6 Å². The number of benzene rings is 1. The SMILES string of the molecule is CC1CCCCC1NC(=O)COC(=O)CNC(=O)c1cccc(F)c1. The fraction of sp³-hybridized carbons (Fsp3) is 0.500. The van der Waals surface area contributed by atoms with Crippen LogP contribution in [0, 0.1) is 11.7 Å². The first kappa shape index (κ1) is 18.9. The lowest BCUT2D eigenvalue weighted by Gasteiger charge is -2.29. The summed E-state index contributed by atoms with van der Waals surface area (Å²) < 4.78 is 17.9. The van der Waals surface area contributed by atoms with Crippen LogP contribution in [0.15, 0.2) is 24.3 Å². The summed E-state index contributed by atoms with van der Waals surface area (Å²) in [5.41, 5.74) is 0.108. The van der Waals surface area contributed by atoms with Crippen molar-refractivity contribution >= 4 is 17.8 Å². The van der Waals surface area contributed by atoms with Crippen molar-refractivity contribution < 1.29 is 23.5 Å². The van der Waals surface area contributed by atoms with Gasteiger partial charge in [-0.1, -0.05) is 25.8 Å². The number of carbonyl (C=O) groups excluding carboxylic acids is 3. The van der Waals surface area contributed by atoms with E-state index >= 15 is 0 Å². The predicted octanol–water partition coefficient (Wildman–Crippen LogP) is 1.79. The summed E-state index contributed by atoms with van der Waals surface area (Å²) >= 11 is 0. The van der Waals surface area contributed by atoms with Gasteiger partial charge >= 0.3 is 5.97 Å². The summed E-state index contributed by atoms with van der Waals surface area (Å²) in [6, 6.07) is 5.24. The van der Waals surface area contributed by atoms with E-state index in [4.69, 9.17) is 4.74 Å². The maximum atomic E-state index is 13.0. The van der Waals surface area contributed by atoms with Crippen molar-refractivity contribution in [2.75, 3.05) is 13.2 Å². The summed E-state index contributed by atoms with van der Waals surface area (Å²) in [5.74, 6) is -1.78. The standard InChI is InChI=1S/C18H23FN2O4/c1-12-5-2-3-8-15(12)21-16(22)11-25-17(23)10-20-18(24)13-6-4-7-14(19)9-13/h4,6-7,9,12,15H,2-3,5,8,10-11H2,1H3,(H,20,24)(H,21,22). The van der Waals surface area contributed by atoms with Crippen molar-refractivity contribution in [1.29, 1.82) is 0 Å². The topological polar surface area (TPSA) is 84.5 Å². The predicted molar refractivity (Wildman–Crippen MR) is 89.3 cm³/mol. The Morgan fingerprint density at radius 1 is 1.24 bits per heavy atom. The normalized spacial score (nSPS) is 19.8. The van der Waals surface area contributed by atoms with E-state index in [9.17, 15) is 18.8 Å². The van der Waals surface area contributed by atoms with E-state index in [2.05, 4.69) is 17.6 Å². The molecule has 0 heterocycles. The van der Waals surface area contributed by atoms with Crippen LogP contribution in [0.5, 0.6) is 0 Å². The van der Waals surface area contributed by atoms with Gasteiger partial charge in [-0.25, -0.2) is 4.39 Å². The number of halogens is 1. The summed E-state index contributed by atoms with van der Waals surface area (Å²) in [5, 5.41) is 5.20. The summed E-state index contributed by atoms with van der Waals surface area (Å²) in [7, 11) is 0. The van der Waals surface area contributed by atoms with Crippen LogP contribution in [0.4, 0.5) is 4.39 Å². The molecule has 2 atom stereocenters. The average molecular weight is 350 g/mol. The van der Waals surface area contributed by atoms with Crippen LogP contribution < -0.4 is 10.6 Å². The highest BCUT2D eigenvalue weighted by molar-refractivity contribution is 5.96. The van der Waals surface area contributed by atoms with Gasteiger partial charge in [0.1, 0.15) is 12.4 Å². The molecule has 1 aliphatic rings. The van der Waals surface area contributed by atoms with Crippen LogP contribution in [0.3, 0.4) is 0 Å². The molecule has 0 aromatic heterocycles. The number of amides is 2. The van der Waals surface area contributed by atoms with E-state index in [1.807, 2.05) is 0 Å². The summed E-state index contributed by atoms with van der Waals surface area (Å²) in [6.07, 6.45) is 4.27. The molecule has 6 nitrogen and oxygen atoms in total. The van der Waals surface area contributed by atoms with Crippen molar-refractivity contribution in [3.8, 4) is 0 Å². The van der Waals surface area contributed by atoms with E-state index in [0.29, 0.717) is 5.92 Å². The lowest BCUT2D eigenvalue weighted by Crippen LogP contribution is -2.43. The molecule has 0 radical (unpaired) electrons. The zero-order chi connectivity index (χ0) is 18.2. The summed E-state index contributed by atoms with van der Waals surface area (Å²) in [4.78, 5) is 35.2. The Kier molecular flexibility index (Phi) is 6.91. The van der Waals surface area contributed by atoms with Gasteiger partial charge in [0.15, 0.2) is 6.61 Å². The van der Waals surface area contributed by atoms with Crippen LogP contribution in [0.25, 0.3) is 0 Å². The largest absolute Gasteiger partial charge is 0.454 e. The number of hydrogen-bond donors (Lipinski definition) is 2. The molecule has 0 aliphatic heterocycles. The van der Waals surface area contributed by atoms with Gasteiger partial charge < -0.3 is 15.4 Å². The molecule has 1 aromatic rings. The van der Waals surface area contributed by atoms with Gasteiger partial charge in [0.25, 0.3) is 11.8 Å². The molecule has 0 bridgehead atoms. The van der Waals surface area contributed by atoms with Crippen molar-refractivity contribution in [3.63, 3.8) is 0 Å². The van der Waals surface area contributed by atoms with Crippen LogP contribution >= 0.6 is 0 Å². The molecule has 2 amide bonds. The molecular weight excluding hydrogens is 327 g/mol. The number of nitrogens with one attached hydrogen (secondary N) is 2. The monoisotopic (exact) mass is 350 g/mol. The van der Waals surface area contributed by atoms with Crippen LogP contribution in [0.1, 0.15) is 43.0 Å². The number of esters is 1. The first-order valence-corrected chi connectivity index (χ1v) is 8.44. The van der Waals surface area contributed by atoms with Gasteiger partial charge in [-0.05, 0) is 37.0 Å². The molecule has 1 aliphatic carbocycles. The molecule has 136 valence electrons. The number of rotatable bonds is 6. The zero-order valence-corrected chi connectivity index (χ0v) is 14.2. The average Bonchev–Trinajstić information content (AvgIpc) is 2.60. The Labute approximate surface area is 146 Å².